The van der Waals surface area contributed by atoms with Gasteiger partial charge < -0.3 is 22.9 Å². The van der Waals surface area contributed by atoms with Gasteiger partial charge in [0.05, 0.1) is 5.84 Å². The SMILES string of the molecule is N=C(N)CCC(N)=NC(N)=NC(=N)N. The van der Waals surface area contributed by atoms with Crippen molar-refractivity contribution >= 4 is 23.6 Å². The van der Waals surface area contributed by atoms with Crippen LogP contribution in [0, 0.1) is 10.8 Å². The highest BCUT2D eigenvalue weighted by atomic mass is 15.1. The topological polar surface area (TPSA) is 176 Å². The van der Waals surface area contributed by atoms with Gasteiger partial charge in [-0.3, -0.25) is 10.8 Å². The number of amidine groups is 2. The van der Waals surface area contributed by atoms with Gasteiger partial charge in [-0.1, -0.05) is 0 Å². The zero-order chi connectivity index (χ0) is 11.1. The van der Waals surface area contributed by atoms with Crippen LogP contribution in [0.1, 0.15) is 12.8 Å². The molecule has 0 saturated heterocycles. The van der Waals surface area contributed by atoms with Crippen LogP contribution in [0.15, 0.2) is 9.98 Å². The average molecular weight is 198 g/mol. The number of nitrogens with two attached hydrogens (primary N) is 4. The number of aliphatic imine (C=N–C) groups is 2. The predicted molar refractivity (Wildman–Crippen MR) is 56.3 cm³/mol. The fourth-order valence-electron chi connectivity index (χ4n) is 0.614. The molecule has 0 fully saturated rings. The van der Waals surface area contributed by atoms with Gasteiger partial charge >= 0.3 is 0 Å². The molecule has 0 radical (unpaired) electrons. The molecule has 0 rings (SSSR count). The largest absolute Gasteiger partial charge is 0.388 e. The quantitative estimate of drug-likeness (QED) is 0.233. The Kier molecular flexibility index (Phi) is 4.68. The second kappa shape index (κ2) is 5.51. The second-order valence-corrected chi connectivity index (χ2v) is 2.48. The van der Waals surface area contributed by atoms with E-state index in [1.807, 2.05) is 0 Å². The standard InChI is InChI=1S/C6H14N8/c7-3(8)1-2-4(9)13-6(12)14-5(10)11/h1-2H2,(H3,7,8)(H7,9,10,11,12,13,14). The highest BCUT2D eigenvalue weighted by molar-refractivity contribution is 6.00. The Morgan fingerprint density at radius 3 is 1.93 bits per heavy atom. The molecule has 14 heavy (non-hydrogen) atoms. The van der Waals surface area contributed by atoms with Crippen molar-refractivity contribution in [2.75, 3.05) is 0 Å². The Labute approximate surface area is 81.1 Å². The minimum atomic E-state index is -0.439. The first kappa shape index (κ1) is 11.9. The van der Waals surface area contributed by atoms with Gasteiger partial charge in [-0.25, -0.2) is 4.99 Å². The van der Waals surface area contributed by atoms with Crippen LogP contribution in [0.2, 0.25) is 0 Å². The van der Waals surface area contributed by atoms with Crippen LogP contribution in [0.4, 0.5) is 0 Å². The number of nitrogens with zero attached hydrogens (tertiary/aromatic N) is 2. The number of hydrogen-bond donors (Lipinski definition) is 6. The van der Waals surface area contributed by atoms with E-state index in [4.69, 9.17) is 33.8 Å². The maximum absolute atomic E-state index is 6.93. The molecule has 0 atom stereocenters. The van der Waals surface area contributed by atoms with Gasteiger partial charge in [0.15, 0.2) is 0 Å². The van der Waals surface area contributed by atoms with Crippen molar-refractivity contribution < 1.29 is 0 Å². The minimum absolute atomic E-state index is 0.0187. The molecular formula is C6H14N8. The number of guanidine groups is 2. The Bertz CT molecular complexity index is 288. The Balaban J connectivity index is 4.22. The first-order chi connectivity index (χ1) is 6.41. The lowest BCUT2D eigenvalue weighted by Crippen LogP contribution is -2.22. The van der Waals surface area contributed by atoms with Gasteiger partial charge in [0, 0.05) is 12.8 Å². The van der Waals surface area contributed by atoms with Crippen molar-refractivity contribution in [1.82, 2.24) is 0 Å². The summed E-state index contributed by atoms with van der Waals surface area (Å²) < 4.78 is 0. The number of rotatable bonds is 3. The van der Waals surface area contributed by atoms with Crippen molar-refractivity contribution in [3.8, 4) is 0 Å². The summed E-state index contributed by atoms with van der Waals surface area (Å²) in [4.78, 5) is 6.99. The first-order valence-corrected chi connectivity index (χ1v) is 3.76. The molecule has 0 bridgehead atoms. The first-order valence-electron chi connectivity index (χ1n) is 3.76. The fraction of sp³-hybridized carbons (Fsp3) is 0.333. The predicted octanol–water partition coefficient (Wildman–Crippen LogP) is -1.73. The molecule has 0 aromatic carbocycles. The molecule has 0 heterocycles. The average Bonchev–Trinajstić information content (AvgIpc) is 1.98. The lowest BCUT2D eigenvalue weighted by molar-refractivity contribution is 1.09. The minimum Gasteiger partial charge on any atom is -0.388 e. The van der Waals surface area contributed by atoms with Crippen LogP contribution in [0.5, 0.6) is 0 Å². The maximum Gasteiger partial charge on any atom is 0.224 e. The highest BCUT2D eigenvalue weighted by Gasteiger charge is 1.97. The molecule has 0 aliphatic heterocycles. The molecule has 8 heteroatoms. The fourth-order valence-corrected chi connectivity index (χ4v) is 0.614. The van der Waals surface area contributed by atoms with Gasteiger partial charge in [-0.15, -0.1) is 0 Å². The highest BCUT2D eigenvalue weighted by Crippen LogP contribution is 1.88. The summed E-state index contributed by atoms with van der Waals surface area (Å²) in [6, 6.07) is 0. The van der Waals surface area contributed by atoms with Crippen molar-refractivity contribution in [1.29, 1.82) is 10.8 Å². The van der Waals surface area contributed by atoms with Crippen molar-refractivity contribution in [3.05, 3.63) is 0 Å². The third-order valence-corrected chi connectivity index (χ3v) is 1.14. The molecule has 0 spiro atoms. The second-order valence-electron chi connectivity index (χ2n) is 2.48. The normalized spacial score (nSPS) is 12.6. The molecule has 0 aliphatic rings. The van der Waals surface area contributed by atoms with Crippen LogP contribution < -0.4 is 22.9 Å². The van der Waals surface area contributed by atoms with E-state index in [9.17, 15) is 0 Å². The molecule has 0 aromatic heterocycles. The number of nitrogens with one attached hydrogen (secondary N) is 2. The molecule has 10 N–H and O–H groups in total. The molecule has 0 unspecified atom stereocenters. The molecule has 0 amide bonds. The van der Waals surface area contributed by atoms with Gasteiger partial charge in [0.1, 0.15) is 5.84 Å². The van der Waals surface area contributed by atoms with Crippen LogP contribution in [-0.4, -0.2) is 23.6 Å². The Morgan fingerprint density at radius 2 is 1.50 bits per heavy atom. The zero-order valence-corrected chi connectivity index (χ0v) is 7.62. The van der Waals surface area contributed by atoms with E-state index in [1.165, 1.54) is 0 Å². The molecule has 78 valence electrons. The van der Waals surface area contributed by atoms with Crippen LogP contribution in [0.3, 0.4) is 0 Å². The van der Waals surface area contributed by atoms with Crippen LogP contribution >= 0.6 is 0 Å². The Hall–Kier alpha value is -2.12. The van der Waals surface area contributed by atoms with Crippen molar-refractivity contribution in [2.45, 2.75) is 12.8 Å². The van der Waals surface area contributed by atoms with Crippen molar-refractivity contribution in [3.63, 3.8) is 0 Å². The molecule has 8 nitrogen and oxygen atoms in total. The lowest BCUT2D eigenvalue weighted by Gasteiger charge is -1.98. The van der Waals surface area contributed by atoms with Crippen LogP contribution in [0.25, 0.3) is 0 Å². The molecule has 0 saturated carbocycles. The van der Waals surface area contributed by atoms with Gasteiger partial charge in [-0.05, 0) is 0 Å². The summed E-state index contributed by atoms with van der Waals surface area (Å²) in [5.41, 5.74) is 20.7. The van der Waals surface area contributed by atoms with E-state index in [2.05, 4.69) is 9.98 Å². The summed E-state index contributed by atoms with van der Waals surface area (Å²) in [5.74, 6) is -0.405. The van der Waals surface area contributed by atoms with E-state index in [0.717, 1.165) is 0 Å². The third kappa shape index (κ3) is 6.58. The number of hydrogen-bond acceptors (Lipinski definition) is 2. The van der Waals surface area contributed by atoms with E-state index >= 15 is 0 Å². The summed E-state index contributed by atoms with van der Waals surface area (Å²) in [6.07, 6.45) is 0.631. The van der Waals surface area contributed by atoms with Crippen molar-refractivity contribution in [2.24, 2.45) is 32.9 Å². The molecule has 0 aromatic rings. The summed E-state index contributed by atoms with van der Waals surface area (Å²) in [6.45, 7) is 0. The van der Waals surface area contributed by atoms with E-state index in [-0.39, 0.29) is 17.6 Å². The third-order valence-electron chi connectivity index (χ3n) is 1.14. The van der Waals surface area contributed by atoms with E-state index in [1.54, 1.807) is 0 Å². The molecular weight excluding hydrogens is 184 g/mol. The van der Waals surface area contributed by atoms with E-state index < -0.39 is 5.96 Å². The van der Waals surface area contributed by atoms with E-state index in [0.29, 0.717) is 12.8 Å². The van der Waals surface area contributed by atoms with Gasteiger partial charge in [0.2, 0.25) is 11.9 Å². The summed E-state index contributed by atoms with van der Waals surface area (Å²) >= 11 is 0. The smallest absolute Gasteiger partial charge is 0.224 e. The monoisotopic (exact) mass is 198 g/mol. The van der Waals surface area contributed by atoms with Gasteiger partial charge in [0.25, 0.3) is 0 Å². The molecule has 0 aliphatic carbocycles. The maximum atomic E-state index is 6.93. The van der Waals surface area contributed by atoms with Crippen LogP contribution in [-0.2, 0) is 0 Å². The van der Waals surface area contributed by atoms with Gasteiger partial charge in [-0.2, -0.15) is 4.99 Å². The lowest BCUT2D eigenvalue weighted by atomic mass is 10.3. The summed E-state index contributed by atoms with van der Waals surface area (Å²) in [7, 11) is 0. The zero-order valence-electron chi connectivity index (χ0n) is 7.62. The Morgan fingerprint density at radius 1 is 0.929 bits per heavy atom. The summed E-state index contributed by atoms with van der Waals surface area (Å²) in [5, 5.41) is 13.7.